The first kappa shape index (κ1) is 12.9. The Morgan fingerprint density at radius 3 is 2.56 bits per heavy atom. The minimum atomic E-state index is 0.0148. The molecule has 3 N–H and O–H groups in total. The molecule has 1 atom stereocenters. The van der Waals surface area contributed by atoms with E-state index in [1.54, 1.807) is 0 Å². The smallest absolute Gasteiger partial charge is 0.223 e. The summed E-state index contributed by atoms with van der Waals surface area (Å²) in [7, 11) is 0. The predicted octanol–water partition coefficient (Wildman–Crippen LogP) is 1.87. The van der Waals surface area contributed by atoms with Crippen molar-refractivity contribution in [1.29, 1.82) is 0 Å². The van der Waals surface area contributed by atoms with Crippen LogP contribution in [0.3, 0.4) is 0 Å². The normalized spacial score (nSPS) is 18.3. The van der Waals surface area contributed by atoms with Crippen molar-refractivity contribution in [2.24, 2.45) is 5.92 Å². The lowest BCUT2D eigenvalue weighted by Gasteiger charge is -2.23. The first-order valence-corrected chi connectivity index (χ1v) is 6.40. The molecular weight excluding hydrogens is 228 g/mol. The van der Waals surface area contributed by atoms with E-state index in [-0.39, 0.29) is 17.9 Å². The molecule has 0 aromatic heterocycles. The van der Waals surface area contributed by atoms with Crippen molar-refractivity contribution in [1.82, 2.24) is 5.32 Å². The molecule has 1 heterocycles. The Bertz CT molecular complexity index is 397. The number of ether oxygens (including phenoxy) is 1. The number of nitrogen functional groups attached to an aromatic ring is 1. The summed E-state index contributed by atoms with van der Waals surface area (Å²) in [5.41, 5.74) is 7.46. The van der Waals surface area contributed by atoms with E-state index in [2.05, 4.69) is 5.32 Å². The number of anilines is 1. The monoisotopic (exact) mass is 248 g/mol. The largest absolute Gasteiger partial charge is 0.399 e. The van der Waals surface area contributed by atoms with Gasteiger partial charge in [-0.05, 0) is 37.5 Å². The van der Waals surface area contributed by atoms with Crippen molar-refractivity contribution < 1.29 is 9.53 Å². The van der Waals surface area contributed by atoms with Gasteiger partial charge in [0, 0.05) is 24.8 Å². The van der Waals surface area contributed by atoms with Crippen LogP contribution in [-0.4, -0.2) is 19.1 Å². The number of hydrogen-bond donors (Lipinski definition) is 2. The minimum absolute atomic E-state index is 0.0148. The molecule has 1 aromatic carbocycles. The highest BCUT2D eigenvalue weighted by atomic mass is 16.5. The Labute approximate surface area is 108 Å². The fourth-order valence-corrected chi connectivity index (χ4v) is 2.16. The predicted molar refractivity (Wildman–Crippen MR) is 71.0 cm³/mol. The topological polar surface area (TPSA) is 64.3 Å². The lowest BCUT2D eigenvalue weighted by molar-refractivity contribution is -0.128. The molecule has 2 rings (SSSR count). The van der Waals surface area contributed by atoms with E-state index < -0.39 is 0 Å². The van der Waals surface area contributed by atoms with Gasteiger partial charge in [0.2, 0.25) is 5.91 Å². The summed E-state index contributed by atoms with van der Waals surface area (Å²) >= 11 is 0. The van der Waals surface area contributed by atoms with Gasteiger partial charge in [0.25, 0.3) is 0 Å². The molecule has 0 radical (unpaired) electrons. The van der Waals surface area contributed by atoms with Crippen molar-refractivity contribution in [2.45, 2.75) is 25.8 Å². The Hall–Kier alpha value is -1.55. The molecule has 18 heavy (non-hydrogen) atoms. The van der Waals surface area contributed by atoms with E-state index in [4.69, 9.17) is 10.5 Å². The maximum absolute atomic E-state index is 12.1. The standard InChI is InChI=1S/C14H20N2O2/c1-10(11-2-4-13(15)5-3-11)16-14(17)12-6-8-18-9-7-12/h2-5,10,12H,6-9,15H2,1H3,(H,16,17). The number of carbonyl (C=O) groups is 1. The molecule has 4 nitrogen and oxygen atoms in total. The maximum atomic E-state index is 12.1. The van der Waals surface area contributed by atoms with Gasteiger partial charge in [-0.25, -0.2) is 0 Å². The van der Waals surface area contributed by atoms with Crippen LogP contribution in [0.1, 0.15) is 31.4 Å². The lowest BCUT2D eigenvalue weighted by Crippen LogP contribution is -2.35. The van der Waals surface area contributed by atoms with Crippen LogP contribution in [-0.2, 0) is 9.53 Å². The lowest BCUT2D eigenvalue weighted by atomic mass is 9.98. The van der Waals surface area contributed by atoms with Crippen LogP contribution < -0.4 is 11.1 Å². The quantitative estimate of drug-likeness (QED) is 0.803. The second-order valence-electron chi connectivity index (χ2n) is 4.78. The molecule has 1 unspecified atom stereocenters. The van der Waals surface area contributed by atoms with Crippen LogP contribution in [0.2, 0.25) is 0 Å². The van der Waals surface area contributed by atoms with Crippen LogP contribution in [0.15, 0.2) is 24.3 Å². The highest BCUT2D eigenvalue weighted by Crippen LogP contribution is 2.18. The number of amides is 1. The number of hydrogen-bond acceptors (Lipinski definition) is 3. The summed E-state index contributed by atoms with van der Waals surface area (Å²) in [5.74, 6) is 0.220. The molecule has 0 saturated carbocycles. The number of benzene rings is 1. The average molecular weight is 248 g/mol. The second-order valence-corrected chi connectivity index (χ2v) is 4.78. The molecule has 1 aliphatic rings. The highest BCUT2D eigenvalue weighted by molar-refractivity contribution is 5.79. The van der Waals surface area contributed by atoms with Crippen LogP contribution in [0.25, 0.3) is 0 Å². The first-order chi connectivity index (χ1) is 8.66. The van der Waals surface area contributed by atoms with Gasteiger partial charge in [0.1, 0.15) is 0 Å². The third kappa shape index (κ3) is 3.23. The van der Waals surface area contributed by atoms with Gasteiger partial charge in [0.15, 0.2) is 0 Å². The highest BCUT2D eigenvalue weighted by Gasteiger charge is 2.22. The fraction of sp³-hybridized carbons (Fsp3) is 0.500. The number of rotatable bonds is 3. The molecule has 0 spiro atoms. The van der Waals surface area contributed by atoms with E-state index >= 15 is 0 Å². The molecule has 0 bridgehead atoms. The van der Waals surface area contributed by atoms with Gasteiger partial charge in [0.05, 0.1) is 6.04 Å². The van der Waals surface area contributed by atoms with Crippen LogP contribution in [0.5, 0.6) is 0 Å². The Kier molecular flexibility index (Phi) is 4.20. The van der Waals surface area contributed by atoms with Crippen molar-refractivity contribution in [3.63, 3.8) is 0 Å². The van der Waals surface area contributed by atoms with E-state index in [1.807, 2.05) is 31.2 Å². The number of nitrogens with one attached hydrogen (secondary N) is 1. The molecule has 1 amide bonds. The van der Waals surface area contributed by atoms with Crippen LogP contribution in [0, 0.1) is 5.92 Å². The van der Waals surface area contributed by atoms with E-state index in [0.717, 1.165) is 24.1 Å². The molecule has 4 heteroatoms. The Balaban J connectivity index is 1.91. The molecule has 1 aliphatic heterocycles. The summed E-state index contributed by atoms with van der Waals surface area (Å²) in [6, 6.07) is 7.62. The van der Waals surface area contributed by atoms with Gasteiger partial charge >= 0.3 is 0 Å². The number of nitrogens with two attached hydrogens (primary N) is 1. The first-order valence-electron chi connectivity index (χ1n) is 6.40. The summed E-state index contributed by atoms with van der Waals surface area (Å²) in [6.07, 6.45) is 1.64. The van der Waals surface area contributed by atoms with Crippen molar-refractivity contribution in [2.75, 3.05) is 18.9 Å². The van der Waals surface area contributed by atoms with Crippen molar-refractivity contribution >= 4 is 11.6 Å². The van der Waals surface area contributed by atoms with E-state index in [9.17, 15) is 4.79 Å². The second kappa shape index (κ2) is 5.87. The summed E-state index contributed by atoms with van der Waals surface area (Å²) in [6.45, 7) is 3.37. The molecule has 1 saturated heterocycles. The Morgan fingerprint density at radius 2 is 1.94 bits per heavy atom. The van der Waals surface area contributed by atoms with Crippen molar-refractivity contribution in [3.05, 3.63) is 29.8 Å². The Morgan fingerprint density at radius 1 is 1.33 bits per heavy atom. The summed E-state index contributed by atoms with van der Waals surface area (Å²) < 4.78 is 5.26. The molecule has 0 aliphatic carbocycles. The van der Waals surface area contributed by atoms with Gasteiger partial charge in [-0.3, -0.25) is 4.79 Å². The SMILES string of the molecule is CC(NC(=O)C1CCOCC1)c1ccc(N)cc1. The van der Waals surface area contributed by atoms with Gasteiger partial charge in [-0.15, -0.1) is 0 Å². The zero-order chi connectivity index (χ0) is 13.0. The summed E-state index contributed by atoms with van der Waals surface area (Å²) in [4.78, 5) is 12.1. The van der Waals surface area contributed by atoms with E-state index in [0.29, 0.717) is 13.2 Å². The minimum Gasteiger partial charge on any atom is -0.399 e. The van der Waals surface area contributed by atoms with E-state index in [1.165, 1.54) is 0 Å². The zero-order valence-electron chi connectivity index (χ0n) is 10.7. The van der Waals surface area contributed by atoms with Gasteiger partial charge in [-0.2, -0.15) is 0 Å². The molecular formula is C14H20N2O2. The third-order valence-electron chi connectivity index (χ3n) is 3.39. The summed E-state index contributed by atoms with van der Waals surface area (Å²) in [5, 5.41) is 3.05. The van der Waals surface area contributed by atoms with Gasteiger partial charge < -0.3 is 15.8 Å². The van der Waals surface area contributed by atoms with Crippen LogP contribution in [0.4, 0.5) is 5.69 Å². The van der Waals surface area contributed by atoms with Crippen molar-refractivity contribution in [3.8, 4) is 0 Å². The van der Waals surface area contributed by atoms with Gasteiger partial charge in [-0.1, -0.05) is 12.1 Å². The average Bonchev–Trinajstić information content (AvgIpc) is 2.40. The number of carbonyl (C=O) groups excluding carboxylic acids is 1. The zero-order valence-corrected chi connectivity index (χ0v) is 10.7. The fourth-order valence-electron chi connectivity index (χ4n) is 2.16. The maximum Gasteiger partial charge on any atom is 0.223 e. The molecule has 98 valence electrons. The molecule has 1 aromatic rings. The van der Waals surface area contributed by atoms with Crippen LogP contribution >= 0.6 is 0 Å². The molecule has 1 fully saturated rings. The third-order valence-corrected chi connectivity index (χ3v) is 3.39.